The molecule has 0 radical (unpaired) electrons. The van der Waals surface area contributed by atoms with Crippen molar-refractivity contribution in [3.05, 3.63) is 27.6 Å². The van der Waals surface area contributed by atoms with Crippen LogP contribution in [-0.4, -0.2) is 4.98 Å². The molecule has 0 fully saturated rings. The van der Waals surface area contributed by atoms with Gasteiger partial charge in [0.15, 0.2) is 0 Å². The summed E-state index contributed by atoms with van der Waals surface area (Å²) in [5, 5.41) is 8.38. The number of nitrogens with zero attached hydrogens (tertiary/aromatic N) is 2. The molecular weight excluding hydrogens is 227 g/mol. The fourth-order valence-electron chi connectivity index (χ4n) is 0.472. The summed E-state index contributed by atoms with van der Waals surface area (Å²) in [6.07, 6.45) is 1.63. The van der Waals surface area contributed by atoms with Crippen molar-refractivity contribution in [2.24, 2.45) is 0 Å². The number of hydrogen-bond donors (Lipinski definition) is 0. The fraction of sp³-hybridized carbons (Fsp3) is 0. The quantitative estimate of drug-likeness (QED) is 0.500. The summed E-state index contributed by atoms with van der Waals surface area (Å²) in [6.45, 7) is 0. The molecule has 0 amide bonds. The van der Waals surface area contributed by atoms with Crippen LogP contribution >= 0.6 is 22.6 Å². The summed E-state index contributed by atoms with van der Waals surface area (Å²) in [4.78, 5) is 3.92. The molecule has 0 saturated heterocycles. The van der Waals surface area contributed by atoms with Crippen molar-refractivity contribution in [2.75, 3.05) is 0 Å². The van der Waals surface area contributed by atoms with Gasteiger partial charge in [0.25, 0.3) is 0 Å². The Kier molecular flexibility index (Phi) is 2.01. The first-order valence-electron chi connectivity index (χ1n) is 2.34. The summed E-state index contributed by atoms with van der Waals surface area (Å²) >= 11 is 2.07. The van der Waals surface area contributed by atoms with E-state index in [9.17, 15) is 0 Å². The first-order valence-corrected chi connectivity index (χ1v) is 3.42. The van der Waals surface area contributed by atoms with Gasteiger partial charge in [-0.1, -0.05) is 0 Å². The molecule has 1 heterocycles. The average Bonchev–Trinajstić information content (AvgIpc) is 1.88. The monoisotopic (exact) mass is 230 g/mol. The third-order valence-electron chi connectivity index (χ3n) is 0.856. The zero-order chi connectivity index (χ0) is 6.69. The maximum atomic E-state index is 8.38. The molecule has 0 aromatic carbocycles. The van der Waals surface area contributed by atoms with Gasteiger partial charge >= 0.3 is 0 Å². The number of hydrogen-bond acceptors (Lipinski definition) is 2. The summed E-state index contributed by atoms with van der Waals surface area (Å²) in [7, 11) is 0. The molecule has 0 spiro atoms. The maximum Gasteiger partial charge on any atom is 0.102 e. The van der Waals surface area contributed by atoms with E-state index >= 15 is 0 Å². The standard InChI is InChI=1S/C6H3IN2/c7-6-3-5(4-8)1-2-9-6/h1-3H. The van der Waals surface area contributed by atoms with Crippen molar-refractivity contribution in [2.45, 2.75) is 0 Å². The molecule has 44 valence electrons. The number of rotatable bonds is 0. The van der Waals surface area contributed by atoms with Crippen LogP contribution in [0.4, 0.5) is 0 Å². The predicted octanol–water partition coefficient (Wildman–Crippen LogP) is 1.56. The molecule has 1 aromatic rings. The van der Waals surface area contributed by atoms with Gasteiger partial charge in [0.2, 0.25) is 0 Å². The van der Waals surface area contributed by atoms with Gasteiger partial charge < -0.3 is 0 Å². The molecule has 0 saturated carbocycles. The molecule has 9 heavy (non-hydrogen) atoms. The first kappa shape index (κ1) is 6.49. The lowest BCUT2D eigenvalue weighted by molar-refractivity contribution is 1.26. The second kappa shape index (κ2) is 2.78. The van der Waals surface area contributed by atoms with Crippen molar-refractivity contribution in [3.8, 4) is 6.07 Å². The Morgan fingerprint density at radius 3 is 2.89 bits per heavy atom. The second-order valence-corrected chi connectivity index (χ2v) is 2.58. The van der Waals surface area contributed by atoms with Crippen LogP contribution in [0, 0.1) is 15.0 Å². The van der Waals surface area contributed by atoms with Crippen LogP contribution in [0.5, 0.6) is 0 Å². The predicted molar refractivity (Wildman–Crippen MR) is 41.7 cm³/mol. The van der Waals surface area contributed by atoms with E-state index in [1.54, 1.807) is 18.3 Å². The number of aromatic nitrogens is 1. The first-order chi connectivity index (χ1) is 4.33. The molecule has 0 unspecified atom stereocenters. The van der Waals surface area contributed by atoms with Crippen LogP contribution < -0.4 is 0 Å². The van der Waals surface area contributed by atoms with E-state index < -0.39 is 0 Å². The molecule has 0 N–H and O–H groups in total. The zero-order valence-electron chi connectivity index (χ0n) is 4.50. The van der Waals surface area contributed by atoms with E-state index in [0.29, 0.717) is 5.56 Å². The van der Waals surface area contributed by atoms with Gasteiger partial charge in [0.1, 0.15) is 3.70 Å². The highest BCUT2D eigenvalue weighted by Gasteiger charge is 1.88. The SMILES string of the molecule is N#Cc1ccnc(I)c1. The summed E-state index contributed by atoms with van der Waals surface area (Å²) in [5.74, 6) is 0. The Labute approximate surface area is 66.7 Å². The van der Waals surface area contributed by atoms with E-state index in [1.807, 2.05) is 6.07 Å². The van der Waals surface area contributed by atoms with E-state index in [2.05, 4.69) is 27.6 Å². The Morgan fingerprint density at radius 1 is 1.67 bits per heavy atom. The third-order valence-corrected chi connectivity index (χ3v) is 1.45. The van der Waals surface area contributed by atoms with E-state index in [4.69, 9.17) is 5.26 Å². The van der Waals surface area contributed by atoms with Crippen LogP contribution in [0.3, 0.4) is 0 Å². The van der Waals surface area contributed by atoms with Crippen LogP contribution in [0.15, 0.2) is 18.3 Å². The van der Waals surface area contributed by atoms with E-state index in [-0.39, 0.29) is 0 Å². The molecule has 0 aliphatic rings. The Bertz CT molecular complexity index is 251. The van der Waals surface area contributed by atoms with Gasteiger partial charge in [-0.25, -0.2) is 0 Å². The molecule has 0 atom stereocenters. The van der Waals surface area contributed by atoms with Crippen molar-refractivity contribution in [1.82, 2.24) is 4.98 Å². The Morgan fingerprint density at radius 2 is 2.44 bits per heavy atom. The topological polar surface area (TPSA) is 36.7 Å². The van der Waals surface area contributed by atoms with Crippen molar-refractivity contribution in [3.63, 3.8) is 0 Å². The summed E-state index contributed by atoms with van der Waals surface area (Å²) in [5.41, 5.74) is 0.661. The second-order valence-electron chi connectivity index (χ2n) is 1.48. The third kappa shape index (κ3) is 1.64. The van der Waals surface area contributed by atoms with E-state index in [0.717, 1.165) is 3.70 Å². The Hall–Kier alpha value is -0.630. The van der Waals surface area contributed by atoms with Crippen molar-refractivity contribution in [1.29, 1.82) is 5.26 Å². The van der Waals surface area contributed by atoms with Crippen molar-refractivity contribution >= 4 is 22.6 Å². The zero-order valence-corrected chi connectivity index (χ0v) is 6.66. The minimum Gasteiger partial charge on any atom is -0.250 e. The van der Waals surface area contributed by atoms with Gasteiger partial charge in [-0.3, -0.25) is 4.98 Å². The molecule has 1 aromatic heterocycles. The highest BCUT2D eigenvalue weighted by Crippen LogP contribution is 2.01. The molecule has 1 rings (SSSR count). The molecule has 2 nitrogen and oxygen atoms in total. The molecule has 3 heteroatoms. The highest BCUT2D eigenvalue weighted by atomic mass is 127. The van der Waals surface area contributed by atoms with Crippen molar-refractivity contribution < 1.29 is 0 Å². The normalized spacial score (nSPS) is 8.44. The lowest BCUT2D eigenvalue weighted by atomic mass is 10.3. The molecular formula is C6H3IN2. The number of pyridine rings is 1. The largest absolute Gasteiger partial charge is 0.250 e. The summed E-state index contributed by atoms with van der Waals surface area (Å²) < 4.78 is 0.853. The lowest BCUT2D eigenvalue weighted by Gasteiger charge is -1.86. The van der Waals surface area contributed by atoms with E-state index in [1.165, 1.54) is 0 Å². The smallest absolute Gasteiger partial charge is 0.102 e. The number of halogens is 1. The van der Waals surface area contributed by atoms with Crippen LogP contribution in [0.2, 0.25) is 0 Å². The van der Waals surface area contributed by atoms with Gasteiger partial charge in [0, 0.05) is 6.20 Å². The van der Waals surface area contributed by atoms with Crippen LogP contribution in [0.1, 0.15) is 5.56 Å². The maximum absolute atomic E-state index is 8.38. The van der Waals surface area contributed by atoms with Gasteiger partial charge in [-0.15, -0.1) is 0 Å². The minimum atomic E-state index is 0.661. The van der Waals surface area contributed by atoms with Gasteiger partial charge in [-0.05, 0) is 34.7 Å². The Balaban J connectivity index is 3.12. The van der Waals surface area contributed by atoms with Gasteiger partial charge in [0.05, 0.1) is 11.6 Å². The fourth-order valence-corrected chi connectivity index (χ4v) is 0.968. The highest BCUT2D eigenvalue weighted by molar-refractivity contribution is 14.1. The molecule has 0 aliphatic heterocycles. The van der Waals surface area contributed by atoms with Crippen LogP contribution in [0.25, 0.3) is 0 Å². The lowest BCUT2D eigenvalue weighted by Crippen LogP contribution is -1.79. The average molecular weight is 230 g/mol. The summed E-state index contributed by atoms with van der Waals surface area (Å²) in [6, 6.07) is 5.44. The van der Waals surface area contributed by atoms with Gasteiger partial charge in [-0.2, -0.15) is 5.26 Å². The molecule has 0 aliphatic carbocycles. The number of nitriles is 1. The molecule has 0 bridgehead atoms. The minimum absolute atomic E-state index is 0.661. The van der Waals surface area contributed by atoms with Crippen LogP contribution in [-0.2, 0) is 0 Å².